The summed E-state index contributed by atoms with van der Waals surface area (Å²) in [7, 11) is 0. The van der Waals surface area contributed by atoms with Gasteiger partial charge in [-0.2, -0.15) is 4.40 Å². The van der Waals surface area contributed by atoms with Crippen molar-refractivity contribution < 1.29 is 4.40 Å². The zero-order chi connectivity index (χ0) is 8.39. The van der Waals surface area contributed by atoms with Gasteiger partial charge in [-0.3, -0.25) is 0 Å². The average Bonchev–Trinajstić information content (AvgIpc) is 2.17. The molecule has 1 heteroatoms. The van der Waals surface area contributed by atoms with Crippen LogP contribution in [0.15, 0.2) is 49.3 Å². The largest absolute Gasteiger partial charge is 0.211 e. The molecule has 2 heterocycles. The lowest BCUT2D eigenvalue weighted by Gasteiger charge is -1.91. The van der Waals surface area contributed by atoms with Crippen molar-refractivity contribution in [3.63, 3.8) is 0 Å². The lowest BCUT2D eigenvalue weighted by atomic mass is 10.2. The summed E-state index contributed by atoms with van der Waals surface area (Å²) in [6.07, 6.45) is 5.92. The summed E-state index contributed by atoms with van der Waals surface area (Å²) < 4.78 is 2.08. The van der Waals surface area contributed by atoms with Crippen molar-refractivity contribution in [3.05, 3.63) is 54.9 Å². The maximum atomic E-state index is 3.73. The second-order valence-electron chi connectivity index (χ2n) is 2.70. The number of hydrogen-bond donors (Lipinski definition) is 0. The second kappa shape index (κ2) is 2.78. The molecule has 12 heavy (non-hydrogen) atoms. The molecule has 0 fully saturated rings. The Balaban J connectivity index is 2.75. The Morgan fingerprint density at radius 1 is 1.17 bits per heavy atom. The molecule has 58 valence electrons. The molecule has 0 aromatic carbocycles. The van der Waals surface area contributed by atoms with Crippen LogP contribution in [0.3, 0.4) is 0 Å². The van der Waals surface area contributed by atoms with E-state index in [2.05, 4.69) is 23.1 Å². The van der Waals surface area contributed by atoms with Crippen LogP contribution in [0.2, 0.25) is 0 Å². The molecule has 0 N–H and O–H groups in total. The van der Waals surface area contributed by atoms with E-state index in [1.165, 1.54) is 5.52 Å². The summed E-state index contributed by atoms with van der Waals surface area (Å²) in [5.41, 5.74) is 2.34. The second-order valence-corrected chi connectivity index (χ2v) is 2.70. The number of aromatic nitrogens is 1. The van der Waals surface area contributed by atoms with Crippen molar-refractivity contribution in [2.45, 2.75) is 0 Å². The predicted octanol–water partition coefficient (Wildman–Crippen LogP) is 2.07. The van der Waals surface area contributed by atoms with E-state index in [4.69, 9.17) is 0 Å². The summed E-state index contributed by atoms with van der Waals surface area (Å²) >= 11 is 0. The van der Waals surface area contributed by atoms with Gasteiger partial charge >= 0.3 is 0 Å². The van der Waals surface area contributed by atoms with Gasteiger partial charge in [0, 0.05) is 24.3 Å². The van der Waals surface area contributed by atoms with Gasteiger partial charge in [0.25, 0.3) is 0 Å². The normalized spacial score (nSPS) is 10.0. The Morgan fingerprint density at radius 3 is 2.92 bits per heavy atom. The van der Waals surface area contributed by atoms with E-state index in [1.54, 1.807) is 0 Å². The van der Waals surface area contributed by atoms with Gasteiger partial charge in [0.1, 0.15) is 0 Å². The van der Waals surface area contributed by atoms with Gasteiger partial charge in [-0.15, -0.1) is 0 Å². The first-order chi connectivity index (χ1) is 5.90. The van der Waals surface area contributed by atoms with Crippen LogP contribution in [0.4, 0.5) is 0 Å². The van der Waals surface area contributed by atoms with E-state index in [0.717, 1.165) is 5.56 Å². The highest BCUT2D eigenvalue weighted by Crippen LogP contribution is 2.02. The molecule has 0 amide bonds. The summed E-state index contributed by atoms with van der Waals surface area (Å²) in [6, 6.07) is 10.3. The summed E-state index contributed by atoms with van der Waals surface area (Å²) in [4.78, 5) is 0. The molecule has 0 radical (unpaired) electrons. The van der Waals surface area contributed by atoms with Gasteiger partial charge in [-0.1, -0.05) is 12.7 Å². The van der Waals surface area contributed by atoms with Crippen LogP contribution in [0.25, 0.3) is 11.6 Å². The molecule has 2 rings (SSSR count). The van der Waals surface area contributed by atoms with Crippen LogP contribution in [0.1, 0.15) is 5.56 Å². The van der Waals surface area contributed by atoms with Gasteiger partial charge < -0.3 is 0 Å². The maximum Gasteiger partial charge on any atom is 0.211 e. The van der Waals surface area contributed by atoms with Gasteiger partial charge in [0.2, 0.25) is 5.52 Å². The summed E-state index contributed by atoms with van der Waals surface area (Å²) in [5.74, 6) is 0. The highest BCUT2D eigenvalue weighted by atomic mass is 14.8. The Bertz CT molecular complexity index is 418. The fourth-order valence-corrected chi connectivity index (χ4v) is 1.24. The molecule has 0 unspecified atom stereocenters. The molecule has 2 aromatic rings. The molecule has 2 aromatic heterocycles. The summed E-state index contributed by atoms with van der Waals surface area (Å²) in [5, 5.41) is 0. The maximum absolute atomic E-state index is 3.73. The first-order valence-electron chi connectivity index (χ1n) is 3.92. The van der Waals surface area contributed by atoms with Gasteiger partial charge in [0.05, 0.1) is 0 Å². The SMILES string of the molecule is C=Cc1cc[n+]2ccccc2c1. The lowest BCUT2D eigenvalue weighted by Crippen LogP contribution is -2.19. The van der Waals surface area contributed by atoms with E-state index in [0.29, 0.717) is 0 Å². The molecule has 0 saturated carbocycles. The first kappa shape index (κ1) is 7.04. The van der Waals surface area contributed by atoms with Crippen molar-refractivity contribution >= 4 is 11.6 Å². The number of nitrogens with zero attached hydrogens (tertiary/aromatic N) is 1. The third kappa shape index (κ3) is 1.10. The first-order valence-corrected chi connectivity index (χ1v) is 3.92. The van der Waals surface area contributed by atoms with Crippen molar-refractivity contribution in [2.24, 2.45) is 0 Å². The minimum Gasteiger partial charge on any atom is -0.167 e. The van der Waals surface area contributed by atoms with Crippen LogP contribution < -0.4 is 4.40 Å². The van der Waals surface area contributed by atoms with Crippen LogP contribution in [0.5, 0.6) is 0 Å². The van der Waals surface area contributed by atoms with E-state index in [1.807, 2.05) is 36.7 Å². The molecule has 0 bridgehead atoms. The van der Waals surface area contributed by atoms with Crippen molar-refractivity contribution in [2.75, 3.05) is 0 Å². The third-order valence-corrected chi connectivity index (χ3v) is 1.90. The van der Waals surface area contributed by atoms with Gasteiger partial charge in [-0.05, 0) is 11.6 Å². The standard InChI is InChI=1S/C11H10N/c1-2-10-6-8-12-7-4-3-5-11(12)9-10/h2-9H,1H2/q+1. The number of pyridine rings is 2. The Morgan fingerprint density at radius 2 is 2.08 bits per heavy atom. The average molecular weight is 156 g/mol. The smallest absolute Gasteiger partial charge is 0.167 e. The molecule has 1 nitrogen and oxygen atoms in total. The minimum atomic E-state index is 1.15. The number of rotatable bonds is 1. The molecule has 0 aliphatic heterocycles. The quantitative estimate of drug-likeness (QED) is 0.556. The van der Waals surface area contributed by atoms with Crippen LogP contribution in [0, 0.1) is 0 Å². The van der Waals surface area contributed by atoms with Crippen LogP contribution in [-0.2, 0) is 0 Å². The Labute approximate surface area is 71.6 Å². The van der Waals surface area contributed by atoms with Gasteiger partial charge in [0.15, 0.2) is 12.4 Å². The molecule has 0 atom stereocenters. The monoisotopic (exact) mass is 156 g/mol. The highest BCUT2D eigenvalue weighted by molar-refractivity contribution is 5.53. The fourth-order valence-electron chi connectivity index (χ4n) is 1.24. The molecule has 0 spiro atoms. The molecule has 0 saturated heterocycles. The van der Waals surface area contributed by atoms with E-state index in [-0.39, 0.29) is 0 Å². The van der Waals surface area contributed by atoms with E-state index in [9.17, 15) is 0 Å². The third-order valence-electron chi connectivity index (χ3n) is 1.90. The number of fused-ring (bicyclic) bond motifs is 1. The van der Waals surface area contributed by atoms with Crippen molar-refractivity contribution in [1.29, 1.82) is 0 Å². The van der Waals surface area contributed by atoms with Crippen LogP contribution >= 0.6 is 0 Å². The van der Waals surface area contributed by atoms with Gasteiger partial charge in [-0.25, -0.2) is 0 Å². The minimum absolute atomic E-state index is 1.15. The molecular formula is C11H10N+. The zero-order valence-electron chi connectivity index (χ0n) is 6.77. The molecule has 0 aliphatic carbocycles. The summed E-state index contributed by atoms with van der Waals surface area (Å²) in [6.45, 7) is 3.73. The molecular weight excluding hydrogens is 146 g/mol. The Kier molecular flexibility index (Phi) is 1.63. The zero-order valence-corrected chi connectivity index (χ0v) is 6.77. The number of hydrogen-bond acceptors (Lipinski definition) is 0. The lowest BCUT2D eigenvalue weighted by molar-refractivity contribution is -0.512. The predicted molar refractivity (Wildman–Crippen MR) is 49.7 cm³/mol. The fraction of sp³-hybridized carbons (Fsp3) is 0. The van der Waals surface area contributed by atoms with E-state index < -0.39 is 0 Å². The highest BCUT2D eigenvalue weighted by Gasteiger charge is 1.98. The topological polar surface area (TPSA) is 4.10 Å². The van der Waals surface area contributed by atoms with Crippen molar-refractivity contribution in [1.82, 2.24) is 0 Å². The Hall–Kier alpha value is -1.63. The van der Waals surface area contributed by atoms with Crippen molar-refractivity contribution in [3.8, 4) is 0 Å². The molecule has 0 aliphatic rings. The van der Waals surface area contributed by atoms with E-state index >= 15 is 0 Å². The van der Waals surface area contributed by atoms with Crippen LogP contribution in [-0.4, -0.2) is 0 Å².